The Kier molecular flexibility index (Phi) is 7.71. The van der Waals surface area contributed by atoms with Crippen molar-refractivity contribution in [3.63, 3.8) is 0 Å². The fourth-order valence-corrected chi connectivity index (χ4v) is 6.96. The van der Waals surface area contributed by atoms with E-state index in [2.05, 4.69) is 132 Å². The lowest BCUT2D eigenvalue weighted by atomic mass is 9.67. The lowest BCUT2D eigenvalue weighted by Gasteiger charge is -2.34. The van der Waals surface area contributed by atoms with Crippen molar-refractivity contribution in [1.82, 2.24) is 19.9 Å². The highest BCUT2D eigenvalue weighted by molar-refractivity contribution is 5.90. The fraction of sp³-hybridized carbons (Fsp3) is 0.0455. The van der Waals surface area contributed by atoms with Crippen LogP contribution in [0.25, 0.3) is 50.9 Å². The smallest absolute Gasteiger partial charge is 0.182 e. The molecule has 0 amide bonds. The second-order valence-electron chi connectivity index (χ2n) is 12.0. The SMILES string of the molecule is C/C=C\C=C(/N)c1nc(-c2ccc3c(c2)C(c2ccccc2)(c2ccccc2)c2cc(-c4ccccc4)ccc2-3)nc(-c2ccccn2)n1. The highest BCUT2D eigenvalue weighted by atomic mass is 15.1. The molecule has 7 aromatic rings. The molecule has 0 bridgehead atoms. The van der Waals surface area contributed by atoms with E-state index in [1.165, 1.54) is 44.5 Å². The van der Waals surface area contributed by atoms with Crippen LogP contribution in [0.3, 0.4) is 0 Å². The maximum absolute atomic E-state index is 6.52. The summed E-state index contributed by atoms with van der Waals surface area (Å²) < 4.78 is 0. The van der Waals surface area contributed by atoms with Crippen LogP contribution in [0.1, 0.15) is 35.0 Å². The van der Waals surface area contributed by atoms with Crippen molar-refractivity contribution < 1.29 is 0 Å². The summed E-state index contributed by atoms with van der Waals surface area (Å²) in [6.07, 6.45) is 7.34. The van der Waals surface area contributed by atoms with Crippen molar-refractivity contribution in [2.45, 2.75) is 12.3 Å². The molecule has 8 rings (SSSR count). The number of hydrogen-bond acceptors (Lipinski definition) is 5. The van der Waals surface area contributed by atoms with Gasteiger partial charge in [-0.15, -0.1) is 0 Å². The van der Waals surface area contributed by atoms with Gasteiger partial charge in [0.1, 0.15) is 5.69 Å². The van der Waals surface area contributed by atoms with E-state index in [0.29, 0.717) is 28.9 Å². The number of pyridine rings is 1. The lowest BCUT2D eigenvalue weighted by molar-refractivity contribution is 0.769. The van der Waals surface area contributed by atoms with E-state index >= 15 is 0 Å². The zero-order chi connectivity index (χ0) is 33.2. The third-order valence-electron chi connectivity index (χ3n) is 9.17. The van der Waals surface area contributed by atoms with Crippen molar-refractivity contribution in [2.24, 2.45) is 5.73 Å². The molecule has 2 N–H and O–H groups in total. The second-order valence-corrected chi connectivity index (χ2v) is 12.0. The number of nitrogens with two attached hydrogens (primary N) is 1. The van der Waals surface area contributed by atoms with Crippen molar-refractivity contribution >= 4 is 5.70 Å². The molecule has 1 aliphatic carbocycles. The lowest BCUT2D eigenvalue weighted by Crippen LogP contribution is -2.28. The summed E-state index contributed by atoms with van der Waals surface area (Å²) in [5.74, 6) is 1.39. The van der Waals surface area contributed by atoms with Gasteiger partial charge in [0, 0.05) is 11.8 Å². The van der Waals surface area contributed by atoms with Gasteiger partial charge in [0.05, 0.1) is 11.1 Å². The number of fused-ring (bicyclic) bond motifs is 3. The highest BCUT2D eigenvalue weighted by Gasteiger charge is 2.46. The molecule has 0 fully saturated rings. The summed E-state index contributed by atoms with van der Waals surface area (Å²) in [6, 6.07) is 51.3. The molecule has 5 nitrogen and oxygen atoms in total. The summed E-state index contributed by atoms with van der Waals surface area (Å²) in [4.78, 5) is 19.2. The number of allylic oxidation sites excluding steroid dienone is 3. The van der Waals surface area contributed by atoms with Gasteiger partial charge in [-0.1, -0.05) is 133 Å². The molecular weight excluding hydrogens is 599 g/mol. The van der Waals surface area contributed by atoms with Gasteiger partial charge in [-0.25, -0.2) is 15.0 Å². The van der Waals surface area contributed by atoms with Crippen molar-refractivity contribution in [1.29, 1.82) is 0 Å². The first kappa shape index (κ1) is 29.9. The van der Waals surface area contributed by atoms with E-state index in [0.717, 1.165) is 5.56 Å². The molecule has 0 aliphatic heterocycles. The molecule has 0 saturated heterocycles. The number of nitrogens with zero attached hydrogens (tertiary/aromatic N) is 4. The predicted octanol–water partition coefficient (Wildman–Crippen LogP) is 9.51. The van der Waals surface area contributed by atoms with Gasteiger partial charge in [-0.05, 0) is 81.8 Å². The largest absolute Gasteiger partial charge is 0.396 e. The van der Waals surface area contributed by atoms with Crippen molar-refractivity contribution in [3.05, 3.63) is 198 Å². The molecule has 0 atom stereocenters. The number of aromatic nitrogens is 4. The molecule has 5 aromatic carbocycles. The number of rotatable bonds is 7. The first-order valence-corrected chi connectivity index (χ1v) is 16.4. The Labute approximate surface area is 286 Å². The molecule has 0 spiro atoms. The van der Waals surface area contributed by atoms with E-state index in [9.17, 15) is 0 Å². The van der Waals surface area contributed by atoms with Gasteiger partial charge in [0.2, 0.25) is 0 Å². The van der Waals surface area contributed by atoms with Crippen LogP contribution in [0.5, 0.6) is 0 Å². The van der Waals surface area contributed by atoms with E-state index in [1.54, 1.807) is 12.3 Å². The second kappa shape index (κ2) is 12.6. The van der Waals surface area contributed by atoms with E-state index in [1.807, 2.05) is 37.3 Å². The summed E-state index contributed by atoms with van der Waals surface area (Å²) in [6.45, 7) is 1.94. The van der Waals surface area contributed by atoms with E-state index in [4.69, 9.17) is 20.7 Å². The minimum Gasteiger partial charge on any atom is -0.396 e. The van der Waals surface area contributed by atoms with Gasteiger partial charge in [-0.3, -0.25) is 4.98 Å². The number of benzene rings is 5. The average Bonchev–Trinajstić information content (AvgIpc) is 3.48. The Morgan fingerprint density at radius 2 is 1.14 bits per heavy atom. The Balaban J connectivity index is 1.41. The molecule has 2 aromatic heterocycles. The standard InChI is InChI=1S/C44H33N5/c1-2-3-21-39(45)42-47-41(48-43(49-42)40-22-13-14-27-46-40)32-24-26-36-35-25-23-31(30-15-7-4-8-16-30)28-37(35)44(38(36)29-32,33-17-9-5-10-18-33)34-19-11-6-12-20-34/h2-29H,45H2,1H3/b3-2-,39-21-. The predicted molar refractivity (Wildman–Crippen MR) is 198 cm³/mol. The average molecular weight is 632 g/mol. The quantitative estimate of drug-likeness (QED) is 0.177. The topological polar surface area (TPSA) is 77.6 Å². The molecular formula is C44H33N5. The Hall–Kier alpha value is -6.46. The van der Waals surface area contributed by atoms with Gasteiger partial charge in [0.15, 0.2) is 17.5 Å². The molecule has 0 radical (unpaired) electrons. The molecule has 0 saturated carbocycles. The van der Waals surface area contributed by atoms with Crippen molar-refractivity contribution in [2.75, 3.05) is 0 Å². The summed E-state index contributed by atoms with van der Waals surface area (Å²) in [5.41, 5.74) is 17.4. The van der Waals surface area contributed by atoms with Gasteiger partial charge < -0.3 is 5.73 Å². The van der Waals surface area contributed by atoms with Crippen LogP contribution in [0.4, 0.5) is 0 Å². The maximum atomic E-state index is 6.52. The molecule has 1 aliphatic rings. The van der Waals surface area contributed by atoms with Crippen LogP contribution in [0, 0.1) is 0 Å². The number of hydrogen-bond donors (Lipinski definition) is 1. The fourth-order valence-electron chi connectivity index (χ4n) is 6.96. The van der Waals surface area contributed by atoms with Crippen molar-refractivity contribution in [3.8, 4) is 45.2 Å². The minimum absolute atomic E-state index is 0.400. The molecule has 0 unspecified atom stereocenters. The third kappa shape index (κ3) is 5.22. The van der Waals surface area contributed by atoms with Crippen LogP contribution < -0.4 is 5.73 Å². The van der Waals surface area contributed by atoms with Crippen LogP contribution in [-0.4, -0.2) is 19.9 Å². The highest BCUT2D eigenvalue weighted by Crippen LogP contribution is 2.57. The van der Waals surface area contributed by atoms with Gasteiger partial charge in [0.25, 0.3) is 0 Å². The van der Waals surface area contributed by atoms with Crippen LogP contribution in [-0.2, 0) is 5.41 Å². The molecule has 5 heteroatoms. The zero-order valence-corrected chi connectivity index (χ0v) is 27.0. The monoisotopic (exact) mass is 631 g/mol. The summed E-state index contributed by atoms with van der Waals surface area (Å²) in [7, 11) is 0. The third-order valence-corrected chi connectivity index (χ3v) is 9.17. The first-order valence-electron chi connectivity index (χ1n) is 16.4. The van der Waals surface area contributed by atoms with E-state index < -0.39 is 5.41 Å². The Morgan fingerprint density at radius 1 is 0.571 bits per heavy atom. The van der Waals surface area contributed by atoms with Gasteiger partial charge >= 0.3 is 0 Å². The summed E-state index contributed by atoms with van der Waals surface area (Å²) in [5, 5.41) is 0. The maximum Gasteiger partial charge on any atom is 0.182 e. The van der Waals surface area contributed by atoms with Crippen LogP contribution in [0.2, 0.25) is 0 Å². The molecule has 234 valence electrons. The zero-order valence-electron chi connectivity index (χ0n) is 27.0. The molecule has 49 heavy (non-hydrogen) atoms. The first-order chi connectivity index (χ1) is 24.2. The van der Waals surface area contributed by atoms with Crippen LogP contribution in [0.15, 0.2) is 170 Å². The summed E-state index contributed by atoms with van der Waals surface area (Å²) >= 11 is 0. The van der Waals surface area contributed by atoms with Gasteiger partial charge in [-0.2, -0.15) is 0 Å². The Bertz CT molecular complexity index is 2290. The van der Waals surface area contributed by atoms with E-state index in [-0.39, 0.29) is 0 Å². The Morgan fingerprint density at radius 3 is 1.76 bits per heavy atom. The normalized spacial score (nSPS) is 13.3. The molecule has 2 heterocycles. The van der Waals surface area contributed by atoms with Crippen LogP contribution >= 0.6 is 0 Å². The minimum atomic E-state index is -0.599.